The van der Waals surface area contributed by atoms with Crippen LogP contribution in [0.15, 0.2) is 0 Å². The van der Waals surface area contributed by atoms with Crippen molar-refractivity contribution in [3.8, 4) is 0 Å². The number of carbonyl (C=O) groups is 5. The number of nitrogens with two attached hydrogens (primary N) is 1. The summed E-state index contributed by atoms with van der Waals surface area (Å²) in [6, 6.07) is -5.06. The average molecular weight is 408 g/mol. The Hall–Kier alpha value is -2.38. The third kappa shape index (κ3) is 9.21. The zero-order valence-electron chi connectivity index (χ0n) is 14.5. The van der Waals surface area contributed by atoms with E-state index in [1.54, 1.807) is 0 Å². The van der Waals surface area contributed by atoms with E-state index in [1.807, 2.05) is 0 Å². The SMILES string of the molecule is CC(NC(=O)C(CO)NC(=O)C(CS)NC(=O)C(N)CCC(=O)O)C(=O)O. The van der Waals surface area contributed by atoms with Gasteiger partial charge in [0.2, 0.25) is 17.7 Å². The average Bonchev–Trinajstić information content (AvgIpc) is 2.60. The summed E-state index contributed by atoms with van der Waals surface area (Å²) < 4.78 is 0. The van der Waals surface area contributed by atoms with E-state index in [9.17, 15) is 29.1 Å². The van der Waals surface area contributed by atoms with Crippen molar-refractivity contribution in [3.63, 3.8) is 0 Å². The van der Waals surface area contributed by atoms with Crippen molar-refractivity contribution in [3.05, 3.63) is 0 Å². The maximum Gasteiger partial charge on any atom is 0.325 e. The van der Waals surface area contributed by atoms with E-state index in [-0.39, 0.29) is 18.6 Å². The molecule has 0 fully saturated rings. The molecule has 8 N–H and O–H groups in total. The predicted octanol–water partition coefficient (Wildman–Crippen LogP) is -3.34. The lowest BCUT2D eigenvalue weighted by Crippen LogP contribution is -2.58. The minimum Gasteiger partial charge on any atom is -0.481 e. The van der Waals surface area contributed by atoms with Gasteiger partial charge in [-0.15, -0.1) is 0 Å². The number of aliphatic carboxylic acids is 2. The normalized spacial score (nSPS) is 15.0. The van der Waals surface area contributed by atoms with Gasteiger partial charge in [-0.3, -0.25) is 24.0 Å². The highest BCUT2D eigenvalue weighted by Gasteiger charge is 2.28. The molecule has 0 rings (SSSR count). The summed E-state index contributed by atoms with van der Waals surface area (Å²) in [5.41, 5.74) is 5.54. The molecule has 27 heavy (non-hydrogen) atoms. The van der Waals surface area contributed by atoms with Crippen molar-refractivity contribution in [1.29, 1.82) is 0 Å². The molecule has 0 saturated carbocycles. The van der Waals surface area contributed by atoms with E-state index in [1.165, 1.54) is 6.92 Å². The molecule has 13 heteroatoms. The zero-order chi connectivity index (χ0) is 21.1. The first-order valence-corrected chi connectivity index (χ1v) is 8.49. The van der Waals surface area contributed by atoms with Gasteiger partial charge >= 0.3 is 11.9 Å². The number of nitrogens with one attached hydrogen (secondary N) is 3. The van der Waals surface area contributed by atoms with E-state index in [2.05, 4.69) is 28.6 Å². The number of amides is 3. The number of aliphatic hydroxyl groups excluding tert-OH is 1. The second-order valence-electron chi connectivity index (χ2n) is 5.59. The van der Waals surface area contributed by atoms with Gasteiger partial charge in [-0.05, 0) is 13.3 Å². The number of thiol groups is 1. The minimum absolute atomic E-state index is 0.142. The van der Waals surface area contributed by atoms with E-state index in [0.717, 1.165) is 0 Å². The molecule has 154 valence electrons. The number of aliphatic hydroxyl groups is 1. The zero-order valence-corrected chi connectivity index (χ0v) is 15.4. The van der Waals surface area contributed by atoms with Crippen LogP contribution in [0.25, 0.3) is 0 Å². The smallest absolute Gasteiger partial charge is 0.325 e. The Morgan fingerprint density at radius 2 is 1.48 bits per heavy atom. The molecule has 0 aromatic carbocycles. The molecule has 0 aliphatic rings. The maximum absolute atomic E-state index is 12.2. The third-order valence-corrected chi connectivity index (χ3v) is 3.73. The first-order chi connectivity index (χ1) is 12.5. The molecule has 0 bridgehead atoms. The van der Waals surface area contributed by atoms with Crippen molar-refractivity contribution >= 4 is 42.3 Å². The van der Waals surface area contributed by atoms with Gasteiger partial charge in [-0.1, -0.05) is 0 Å². The second-order valence-corrected chi connectivity index (χ2v) is 5.96. The molecule has 4 unspecified atom stereocenters. The van der Waals surface area contributed by atoms with Crippen molar-refractivity contribution in [2.75, 3.05) is 12.4 Å². The molecular weight excluding hydrogens is 384 g/mol. The van der Waals surface area contributed by atoms with Crippen LogP contribution in [0, 0.1) is 0 Å². The van der Waals surface area contributed by atoms with Gasteiger partial charge in [0.1, 0.15) is 18.1 Å². The second kappa shape index (κ2) is 12.1. The fraction of sp³-hybridized carbons (Fsp3) is 0.643. The third-order valence-electron chi connectivity index (χ3n) is 3.37. The molecule has 0 spiro atoms. The van der Waals surface area contributed by atoms with Crippen molar-refractivity contribution in [2.45, 2.75) is 43.9 Å². The van der Waals surface area contributed by atoms with Crippen LogP contribution >= 0.6 is 12.6 Å². The van der Waals surface area contributed by atoms with Crippen LogP contribution in [0.4, 0.5) is 0 Å². The number of carboxylic acids is 2. The van der Waals surface area contributed by atoms with Crippen molar-refractivity contribution < 1.29 is 39.3 Å². The molecule has 4 atom stereocenters. The van der Waals surface area contributed by atoms with Crippen LogP contribution in [0.3, 0.4) is 0 Å². The van der Waals surface area contributed by atoms with Gasteiger partial charge in [0.15, 0.2) is 0 Å². The Morgan fingerprint density at radius 1 is 0.963 bits per heavy atom. The van der Waals surface area contributed by atoms with E-state index >= 15 is 0 Å². The molecule has 0 radical (unpaired) electrons. The Kier molecular flexibility index (Phi) is 11.0. The molecule has 0 aliphatic carbocycles. The lowest BCUT2D eigenvalue weighted by molar-refractivity contribution is -0.142. The molecule has 0 heterocycles. The van der Waals surface area contributed by atoms with E-state index in [4.69, 9.17) is 15.9 Å². The Labute approximate surface area is 160 Å². The van der Waals surface area contributed by atoms with Crippen LogP contribution in [0.1, 0.15) is 19.8 Å². The lowest BCUT2D eigenvalue weighted by Gasteiger charge is -2.22. The predicted molar refractivity (Wildman–Crippen MR) is 94.9 cm³/mol. The van der Waals surface area contributed by atoms with E-state index in [0.29, 0.717) is 0 Å². The monoisotopic (exact) mass is 408 g/mol. The number of hydrogen-bond acceptors (Lipinski definition) is 8. The van der Waals surface area contributed by atoms with Gasteiger partial charge in [0.05, 0.1) is 12.6 Å². The summed E-state index contributed by atoms with van der Waals surface area (Å²) in [7, 11) is 0. The molecular formula is C14H24N4O8S. The lowest BCUT2D eigenvalue weighted by atomic mass is 10.1. The molecule has 0 aromatic rings. The Bertz CT molecular complexity index is 573. The molecule has 3 amide bonds. The van der Waals surface area contributed by atoms with Gasteiger partial charge in [0.25, 0.3) is 0 Å². The van der Waals surface area contributed by atoms with Crippen LogP contribution < -0.4 is 21.7 Å². The largest absolute Gasteiger partial charge is 0.481 e. The number of rotatable bonds is 12. The van der Waals surface area contributed by atoms with Gasteiger partial charge in [-0.25, -0.2) is 0 Å². The first-order valence-electron chi connectivity index (χ1n) is 7.86. The van der Waals surface area contributed by atoms with Gasteiger partial charge < -0.3 is 37.0 Å². The summed E-state index contributed by atoms with van der Waals surface area (Å²) >= 11 is 3.92. The number of hydrogen-bond donors (Lipinski definition) is 8. The van der Waals surface area contributed by atoms with Crippen LogP contribution in [0.5, 0.6) is 0 Å². The standard InChI is InChI=1S/C14H24N4O8S/c1-6(14(25)26)16-12(23)8(4-19)17-13(24)9(5-27)18-11(22)7(15)2-3-10(20)21/h6-9,19,27H,2-5,15H2,1H3,(H,16,23)(H,17,24)(H,18,22)(H,20,21)(H,25,26). The number of carboxylic acid groups (broad SMARTS) is 2. The molecule has 0 aliphatic heterocycles. The topological polar surface area (TPSA) is 208 Å². The number of carbonyl (C=O) groups excluding carboxylic acids is 3. The summed E-state index contributed by atoms with van der Waals surface area (Å²) in [6.07, 6.45) is -0.475. The molecule has 0 aromatic heterocycles. The van der Waals surface area contributed by atoms with Crippen molar-refractivity contribution in [2.24, 2.45) is 5.73 Å². The van der Waals surface area contributed by atoms with Crippen LogP contribution in [-0.4, -0.2) is 81.5 Å². The molecule has 12 nitrogen and oxygen atoms in total. The van der Waals surface area contributed by atoms with Crippen LogP contribution in [-0.2, 0) is 24.0 Å². The summed E-state index contributed by atoms with van der Waals surface area (Å²) in [5, 5.41) is 33.1. The highest BCUT2D eigenvalue weighted by molar-refractivity contribution is 7.80. The molecule has 0 saturated heterocycles. The van der Waals surface area contributed by atoms with Crippen LogP contribution in [0.2, 0.25) is 0 Å². The van der Waals surface area contributed by atoms with Gasteiger partial charge in [0, 0.05) is 12.2 Å². The quantitative estimate of drug-likeness (QED) is 0.152. The maximum atomic E-state index is 12.2. The van der Waals surface area contributed by atoms with E-state index < -0.39 is 60.4 Å². The summed E-state index contributed by atoms with van der Waals surface area (Å²) in [4.78, 5) is 57.2. The first kappa shape index (κ1) is 24.6. The summed E-state index contributed by atoms with van der Waals surface area (Å²) in [6.45, 7) is 0.390. The fourth-order valence-electron chi connectivity index (χ4n) is 1.73. The van der Waals surface area contributed by atoms with Gasteiger partial charge in [-0.2, -0.15) is 12.6 Å². The highest BCUT2D eigenvalue weighted by atomic mass is 32.1. The Balaban J connectivity index is 4.80. The minimum atomic E-state index is -1.45. The highest BCUT2D eigenvalue weighted by Crippen LogP contribution is 1.98. The summed E-state index contributed by atoms with van der Waals surface area (Å²) in [5.74, 6) is -5.18. The van der Waals surface area contributed by atoms with Crippen molar-refractivity contribution in [1.82, 2.24) is 16.0 Å². The fourth-order valence-corrected chi connectivity index (χ4v) is 1.98. The Morgan fingerprint density at radius 3 is 1.93 bits per heavy atom.